The Kier molecular flexibility index (Phi) is 5.64. The third kappa shape index (κ3) is 4.67. The lowest BCUT2D eigenvalue weighted by atomic mass is 10.3. The Balaban J connectivity index is 2.19. The van der Waals surface area contributed by atoms with Gasteiger partial charge in [-0.25, -0.2) is 8.42 Å². The minimum absolute atomic E-state index is 0.312. The highest BCUT2D eigenvalue weighted by atomic mass is 127. The minimum atomic E-state index is -3.54. The van der Waals surface area contributed by atoms with Gasteiger partial charge in [0.1, 0.15) is 4.90 Å². The van der Waals surface area contributed by atoms with Crippen molar-refractivity contribution in [1.82, 2.24) is 5.32 Å². The van der Waals surface area contributed by atoms with E-state index in [4.69, 9.17) is 0 Å². The van der Waals surface area contributed by atoms with Gasteiger partial charge in [0.2, 0.25) is 0 Å². The predicted octanol–water partition coefficient (Wildman–Crippen LogP) is 3.65. The molecule has 114 valence electrons. The van der Waals surface area contributed by atoms with Crippen molar-refractivity contribution in [3.8, 4) is 0 Å². The number of hydrogen-bond donors (Lipinski definition) is 2. The largest absolute Gasteiger partial charge is 0.310 e. The summed E-state index contributed by atoms with van der Waals surface area (Å²) in [6.45, 7) is 4.62. The molecule has 0 spiro atoms. The van der Waals surface area contributed by atoms with Gasteiger partial charge in [0.05, 0.1) is 0 Å². The van der Waals surface area contributed by atoms with E-state index in [-0.39, 0.29) is 0 Å². The normalized spacial score (nSPS) is 11.8. The van der Waals surface area contributed by atoms with Crippen LogP contribution >= 0.6 is 33.9 Å². The number of hydrogen-bond acceptors (Lipinski definition) is 4. The third-order valence-corrected chi connectivity index (χ3v) is 6.00. The Labute approximate surface area is 143 Å². The molecule has 4 nitrogen and oxygen atoms in total. The summed E-state index contributed by atoms with van der Waals surface area (Å²) in [5.74, 6) is 0. The van der Waals surface area contributed by atoms with Gasteiger partial charge in [-0.1, -0.05) is 13.8 Å². The lowest BCUT2D eigenvalue weighted by molar-refractivity contribution is 0.581. The molecule has 21 heavy (non-hydrogen) atoms. The molecular weight excluding hydrogens is 419 g/mol. The minimum Gasteiger partial charge on any atom is -0.310 e. The van der Waals surface area contributed by atoms with Crippen molar-refractivity contribution < 1.29 is 8.42 Å². The molecule has 0 saturated heterocycles. The summed E-state index contributed by atoms with van der Waals surface area (Å²) >= 11 is 3.63. The van der Waals surface area contributed by atoms with Gasteiger partial charge >= 0.3 is 0 Å². The predicted molar refractivity (Wildman–Crippen MR) is 96.3 cm³/mol. The second kappa shape index (κ2) is 7.08. The molecule has 0 aliphatic heterocycles. The lowest BCUT2D eigenvalue weighted by Gasteiger charge is -2.11. The molecule has 0 aliphatic rings. The molecule has 0 saturated carbocycles. The van der Waals surface area contributed by atoms with Gasteiger partial charge in [0.15, 0.2) is 0 Å². The lowest BCUT2D eigenvalue weighted by Crippen LogP contribution is -2.23. The fourth-order valence-electron chi connectivity index (χ4n) is 1.72. The fourth-order valence-corrected chi connectivity index (χ4v) is 4.54. The van der Waals surface area contributed by atoms with Crippen LogP contribution in [-0.2, 0) is 16.6 Å². The second-order valence-electron chi connectivity index (χ2n) is 4.86. The average molecular weight is 436 g/mol. The molecule has 2 aromatic rings. The van der Waals surface area contributed by atoms with Crippen LogP contribution < -0.4 is 10.0 Å². The van der Waals surface area contributed by atoms with Gasteiger partial charge in [-0.15, -0.1) is 11.3 Å². The second-order valence-corrected chi connectivity index (χ2v) is 8.75. The molecule has 7 heteroatoms. The first kappa shape index (κ1) is 16.7. The van der Waals surface area contributed by atoms with Crippen LogP contribution in [0, 0.1) is 3.57 Å². The van der Waals surface area contributed by atoms with E-state index in [1.165, 1.54) is 11.3 Å². The highest BCUT2D eigenvalue weighted by Crippen LogP contribution is 2.24. The van der Waals surface area contributed by atoms with Crippen LogP contribution in [0.2, 0.25) is 0 Å². The average Bonchev–Trinajstić information content (AvgIpc) is 2.88. The summed E-state index contributed by atoms with van der Waals surface area (Å²) in [5.41, 5.74) is 0.574. The molecule has 2 N–H and O–H groups in total. The highest BCUT2D eigenvalue weighted by Gasteiger charge is 2.19. The molecule has 1 heterocycles. The molecule has 0 atom stereocenters. The maximum atomic E-state index is 12.5. The van der Waals surface area contributed by atoms with Crippen molar-refractivity contribution in [1.29, 1.82) is 0 Å². The van der Waals surface area contributed by atoms with E-state index in [1.54, 1.807) is 23.6 Å². The Hall–Kier alpha value is -0.640. The van der Waals surface area contributed by atoms with Gasteiger partial charge in [0, 0.05) is 26.7 Å². The highest BCUT2D eigenvalue weighted by molar-refractivity contribution is 14.1. The SMILES string of the molecule is CC(C)NCc1sccc1S(=O)(=O)Nc1ccc(I)cc1. The Morgan fingerprint density at radius 2 is 1.86 bits per heavy atom. The van der Waals surface area contributed by atoms with E-state index in [1.807, 2.05) is 26.0 Å². The topological polar surface area (TPSA) is 58.2 Å². The first-order valence-electron chi connectivity index (χ1n) is 6.46. The monoisotopic (exact) mass is 436 g/mol. The van der Waals surface area contributed by atoms with E-state index in [0.717, 1.165) is 8.45 Å². The number of thiophene rings is 1. The molecule has 0 unspecified atom stereocenters. The fraction of sp³-hybridized carbons (Fsp3) is 0.286. The number of rotatable bonds is 6. The Morgan fingerprint density at radius 1 is 1.19 bits per heavy atom. The number of halogens is 1. The van der Waals surface area contributed by atoms with Gasteiger partial charge in [-0.05, 0) is 58.3 Å². The van der Waals surface area contributed by atoms with E-state index in [2.05, 4.69) is 32.6 Å². The van der Waals surface area contributed by atoms with Crippen molar-refractivity contribution in [2.75, 3.05) is 4.72 Å². The van der Waals surface area contributed by atoms with Crippen LogP contribution in [0.15, 0.2) is 40.6 Å². The van der Waals surface area contributed by atoms with Gasteiger partial charge in [-0.3, -0.25) is 4.72 Å². The smallest absolute Gasteiger partial charge is 0.263 e. The zero-order valence-corrected chi connectivity index (χ0v) is 15.6. The molecule has 0 radical (unpaired) electrons. The summed E-state index contributed by atoms with van der Waals surface area (Å²) in [6, 6.07) is 9.22. The first-order chi connectivity index (χ1) is 9.88. The summed E-state index contributed by atoms with van der Waals surface area (Å²) < 4.78 is 28.6. The van der Waals surface area contributed by atoms with Gasteiger partial charge in [0.25, 0.3) is 10.0 Å². The van der Waals surface area contributed by atoms with Crippen molar-refractivity contribution in [3.05, 3.63) is 44.2 Å². The summed E-state index contributed by atoms with van der Waals surface area (Å²) in [5, 5.41) is 5.05. The van der Waals surface area contributed by atoms with E-state index in [9.17, 15) is 8.42 Å². The molecule has 0 amide bonds. The van der Waals surface area contributed by atoms with Crippen LogP contribution in [0.1, 0.15) is 18.7 Å². The molecule has 0 fully saturated rings. The maximum Gasteiger partial charge on any atom is 0.263 e. The van der Waals surface area contributed by atoms with Crippen molar-refractivity contribution in [2.45, 2.75) is 31.3 Å². The van der Waals surface area contributed by atoms with E-state index in [0.29, 0.717) is 23.2 Å². The Bertz CT molecular complexity index is 694. The maximum absolute atomic E-state index is 12.5. The summed E-state index contributed by atoms with van der Waals surface area (Å²) in [6.07, 6.45) is 0. The standard InChI is InChI=1S/C14H17IN2O2S2/c1-10(2)16-9-13-14(7-8-20-13)21(18,19)17-12-5-3-11(15)4-6-12/h3-8,10,16-17H,9H2,1-2H3. The van der Waals surface area contributed by atoms with Gasteiger partial charge < -0.3 is 5.32 Å². The number of sulfonamides is 1. The van der Waals surface area contributed by atoms with Crippen LogP contribution in [0.5, 0.6) is 0 Å². The number of anilines is 1. The quantitative estimate of drug-likeness (QED) is 0.680. The first-order valence-corrected chi connectivity index (χ1v) is 9.91. The third-order valence-electron chi connectivity index (χ3n) is 2.76. The van der Waals surface area contributed by atoms with Crippen LogP contribution in [-0.4, -0.2) is 14.5 Å². The number of nitrogens with one attached hydrogen (secondary N) is 2. The van der Waals surface area contributed by atoms with Crippen molar-refractivity contribution in [2.24, 2.45) is 0 Å². The summed E-state index contributed by atoms with van der Waals surface area (Å²) in [7, 11) is -3.54. The molecule has 0 bridgehead atoms. The van der Waals surface area contributed by atoms with Crippen LogP contribution in [0.3, 0.4) is 0 Å². The number of benzene rings is 1. The zero-order chi connectivity index (χ0) is 15.5. The zero-order valence-electron chi connectivity index (χ0n) is 11.8. The van der Waals surface area contributed by atoms with Crippen LogP contribution in [0.4, 0.5) is 5.69 Å². The summed E-state index contributed by atoms with van der Waals surface area (Å²) in [4.78, 5) is 1.17. The van der Waals surface area contributed by atoms with E-state index >= 15 is 0 Å². The van der Waals surface area contributed by atoms with E-state index < -0.39 is 10.0 Å². The molecule has 2 rings (SSSR count). The molecule has 1 aromatic heterocycles. The molecule has 1 aromatic carbocycles. The molecule has 0 aliphatic carbocycles. The van der Waals surface area contributed by atoms with Gasteiger partial charge in [-0.2, -0.15) is 0 Å². The molecular formula is C14H17IN2O2S2. The Morgan fingerprint density at radius 3 is 2.48 bits per heavy atom. The van der Waals surface area contributed by atoms with Crippen molar-refractivity contribution >= 4 is 49.6 Å². The van der Waals surface area contributed by atoms with Crippen molar-refractivity contribution in [3.63, 3.8) is 0 Å². The van der Waals surface area contributed by atoms with Crippen LogP contribution in [0.25, 0.3) is 0 Å².